The van der Waals surface area contributed by atoms with Crippen LogP contribution in [0.3, 0.4) is 0 Å². The molecule has 0 saturated carbocycles. The summed E-state index contributed by atoms with van der Waals surface area (Å²) in [6.07, 6.45) is -6.65. The SMILES string of the molecule is CNCC(O)C(O)c1ncc(C(F)(F)F)cc1Cl. The van der Waals surface area contributed by atoms with Gasteiger partial charge in [0.2, 0.25) is 0 Å². The minimum absolute atomic E-state index is 0.0558. The average Bonchev–Trinajstić information content (AvgIpc) is 2.27. The van der Waals surface area contributed by atoms with Crippen LogP contribution >= 0.6 is 11.6 Å². The highest BCUT2D eigenvalue weighted by Gasteiger charge is 2.32. The van der Waals surface area contributed by atoms with Crippen molar-refractivity contribution in [2.24, 2.45) is 0 Å². The van der Waals surface area contributed by atoms with Crippen molar-refractivity contribution in [1.29, 1.82) is 0 Å². The molecular weight excluding hydrogens is 273 g/mol. The van der Waals surface area contributed by atoms with E-state index in [0.717, 1.165) is 0 Å². The number of aliphatic hydroxyl groups is 2. The van der Waals surface area contributed by atoms with Gasteiger partial charge in [0.1, 0.15) is 6.10 Å². The van der Waals surface area contributed by atoms with Gasteiger partial charge in [-0.15, -0.1) is 0 Å². The molecule has 0 spiro atoms. The van der Waals surface area contributed by atoms with Crippen LogP contribution in [0.1, 0.15) is 17.4 Å². The lowest BCUT2D eigenvalue weighted by Gasteiger charge is -2.18. The molecule has 18 heavy (non-hydrogen) atoms. The molecular formula is C10H12ClF3N2O2. The van der Waals surface area contributed by atoms with Gasteiger partial charge in [0.15, 0.2) is 0 Å². The fourth-order valence-electron chi connectivity index (χ4n) is 1.32. The van der Waals surface area contributed by atoms with Crippen LogP contribution in [-0.4, -0.2) is 34.9 Å². The quantitative estimate of drug-likeness (QED) is 0.781. The highest BCUT2D eigenvalue weighted by molar-refractivity contribution is 6.31. The molecule has 2 unspecified atom stereocenters. The van der Waals surface area contributed by atoms with Crippen LogP contribution in [-0.2, 0) is 6.18 Å². The summed E-state index contributed by atoms with van der Waals surface area (Å²) in [6.45, 7) is 0.0558. The van der Waals surface area contributed by atoms with Crippen molar-refractivity contribution in [2.75, 3.05) is 13.6 Å². The number of pyridine rings is 1. The maximum atomic E-state index is 12.4. The first-order valence-electron chi connectivity index (χ1n) is 5.00. The van der Waals surface area contributed by atoms with Crippen molar-refractivity contribution in [3.05, 3.63) is 28.5 Å². The van der Waals surface area contributed by atoms with Gasteiger partial charge in [0, 0.05) is 12.7 Å². The number of rotatable bonds is 4. The van der Waals surface area contributed by atoms with Crippen LogP contribution < -0.4 is 5.32 Å². The van der Waals surface area contributed by atoms with E-state index < -0.39 is 23.9 Å². The fraction of sp³-hybridized carbons (Fsp3) is 0.500. The minimum atomic E-state index is -4.55. The molecule has 8 heteroatoms. The van der Waals surface area contributed by atoms with Crippen LogP contribution in [0, 0.1) is 0 Å². The van der Waals surface area contributed by atoms with Crippen molar-refractivity contribution in [1.82, 2.24) is 10.3 Å². The monoisotopic (exact) mass is 284 g/mol. The van der Waals surface area contributed by atoms with E-state index in [1.807, 2.05) is 0 Å². The molecule has 0 bridgehead atoms. The Balaban J connectivity index is 2.99. The Morgan fingerprint density at radius 2 is 2.06 bits per heavy atom. The van der Waals surface area contributed by atoms with Crippen LogP contribution in [0.15, 0.2) is 12.3 Å². The molecule has 1 rings (SSSR count). The molecule has 1 aromatic heterocycles. The van der Waals surface area contributed by atoms with Crippen LogP contribution in [0.5, 0.6) is 0 Å². The van der Waals surface area contributed by atoms with Gasteiger partial charge in [-0.05, 0) is 13.1 Å². The van der Waals surface area contributed by atoms with Gasteiger partial charge in [-0.2, -0.15) is 13.2 Å². The summed E-state index contributed by atoms with van der Waals surface area (Å²) in [6, 6.07) is 0.666. The summed E-state index contributed by atoms with van der Waals surface area (Å²) < 4.78 is 37.1. The smallest absolute Gasteiger partial charge is 0.389 e. The van der Waals surface area contributed by atoms with E-state index in [0.29, 0.717) is 12.3 Å². The normalized spacial score (nSPS) is 15.5. The molecule has 3 N–H and O–H groups in total. The molecule has 102 valence electrons. The molecule has 0 fully saturated rings. The molecule has 0 aliphatic rings. The van der Waals surface area contributed by atoms with E-state index in [1.54, 1.807) is 7.05 Å². The predicted molar refractivity (Wildman–Crippen MR) is 59.1 cm³/mol. The third-order valence-electron chi connectivity index (χ3n) is 2.25. The standard InChI is InChI=1S/C10H12ClF3N2O2/c1-15-4-7(17)9(18)8-6(11)2-5(3-16-8)10(12,13)14/h2-3,7,9,15,17-18H,4H2,1H3. The Morgan fingerprint density at radius 3 is 2.50 bits per heavy atom. The van der Waals surface area contributed by atoms with Crippen molar-refractivity contribution in [3.63, 3.8) is 0 Å². The van der Waals surface area contributed by atoms with E-state index in [4.69, 9.17) is 11.6 Å². The van der Waals surface area contributed by atoms with Gasteiger partial charge in [0.25, 0.3) is 0 Å². The summed E-state index contributed by atoms with van der Waals surface area (Å²) >= 11 is 5.62. The molecule has 1 aromatic rings. The van der Waals surface area contributed by atoms with Crippen molar-refractivity contribution in [2.45, 2.75) is 18.4 Å². The number of likely N-dealkylation sites (N-methyl/N-ethyl adjacent to an activating group) is 1. The maximum absolute atomic E-state index is 12.4. The Morgan fingerprint density at radius 1 is 1.44 bits per heavy atom. The molecule has 0 aromatic carbocycles. The summed E-state index contributed by atoms with van der Waals surface area (Å²) in [7, 11) is 1.55. The number of hydrogen-bond acceptors (Lipinski definition) is 4. The lowest BCUT2D eigenvalue weighted by molar-refractivity contribution is -0.137. The van der Waals surface area contributed by atoms with E-state index in [-0.39, 0.29) is 17.3 Å². The van der Waals surface area contributed by atoms with Gasteiger partial charge in [-0.25, -0.2) is 0 Å². The zero-order valence-electron chi connectivity index (χ0n) is 9.37. The third-order valence-corrected chi connectivity index (χ3v) is 2.56. The highest BCUT2D eigenvalue weighted by atomic mass is 35.5. The molecule has 1 heterocycles. The number of hydrogen-bond donors (Lipinski definition) is 3. The third kappa shape index (κ3) is 3.55. The minimum Gasteiger partial charge on any atom is -0.389 e. The second-order valence-electron chi connectivity index (χ2n) is 3.66. The van der Waals surface area contributed by atoms with Crippen molar-refractivity contribution >= 4 is 11.6 Å². The Kier molecular flexibility index (Phi) is 4.92. The lowest BCUT2D eigenvalue weighted by Crippen LogP contribution is -2.30. The number of aliphatic hydroxyl groups excluding tert-OH is 2. The second-order valence-corrected chi connectivity index (χ2v) is 4.07. The number of aromatic nitrogens is 1. The predicted octanol–water partition coefficient (Wildman–Crippen LogP) is 1.37. The summed E-state index contributed by atoms with van der Waals surface area (Å²) in [4.78, 5) is 3.46. The number of halogens is 4. The first-order valence-corrected chi connectivity index (χ1v) is 5.38. The fourth-order valence-corrected chi connectivity index (χ4v) is 1.60. The molecule has 0 aliphatic carbocycles. The van der Waals surface area contributed by atoms with E-state index in [9.17, 15) is 23.4 Å². The van der Waals surface area contributed by atoms with E-state index in [1.165, 1.54) is 0 Å². The van der Waals surface area contributed by atoms with Gasteiger partial charge in [0.05, 0.1) is 22.4 Å². The largest absolute Gasteiger partial charge is 0.417 e. The van der Waals surface area contributed by atoms with Gasteiger partial charge < -0.3 is 15.5 Å². The summed E-state index contributed by atoms with van der Waals surface area (Å²) in [5.41, 5.74) is -1.20. The number of nitrogens with zero attached hydrogens (tertiary/aromatic N) is 1. The first-order chi connectivity index (χ1) is 8.27. The molecule has 0 radical (unpaired) electrons. The van der Waals surface area contributed by atoms with Crippen LogP contribution in [0.25, 0.3) is 0 Å². The molecule has 4 nitrogen and oxygen atoms in total. The highest BCUT2D eigenvalue weighted by Crippen LogP contribution is 2.32. The van der Waals surface area contributed by atoms with Crippen molar-refractivity contribution in [3.8, 4) is 0 Å². The maximum Gasteiger partial charge on any atom is 0.417 e. The van der Waals surface area contributed by atoms with Crippen LogP contribution in [0.2, 0.25) is 5.02 Å². The lowest BCUT2D eigenvalue weighted by atomic mass is 10.1. The second kappa shape index (κ2) is 5.83. The van der Waals surface area contributed by atoms with E-state index in [2.05, 4.69) is 10.3 Å². The average molecular weight is 285 g/mol. The zero-order chi connectivity index (χ0) is 13.9. The zero-order valence-corrected chi connectivity index (χ0v) is 10.1. The Bertz CT molecular complexity index is 415. The van der Waals surface area contributed by atoms with Crippen LogP contribution in [0.4, 0.5) is 13.2 Å². The Labute approximate surface area is 106 Å². The van der Waals surface area contributed by atoms with E-state index >= 15 is 0 Å². The first kappa shape index (κ1) is 15.2. The topological polar surface area (TPSA) is 65.4 Å². The van der Waals surface area contributed by atoms with Gasteiger partial charge in [-0.3, -0.25) is 4.98 Å². The molecule has 0 aliphatic heterocycles. The van der Waals surface area contributed by atoms with Crippen molar-refractivity contribution < 1.29 is 23.4 Å². The molecule has 2 atom stereocenters. The van der Waals surface area contributed by atoms with Gasteiger partial charge >= 0.3 is 6.18 Å². The van der Waals surface area contributed by atoms with Gasteiger partial charge in [-0.1, -0.05) is 11.6 Å². The summed E-state index contributed by atoms with van der Waals surface area (Å²) in [5, 5.41) is 21.4. The number of alkyl halides is 3. The molecule has 0 amide bonds. The number of nitrogens with one attached hydrogen (secondary N) is 1. The summed E-state index contributed by atoms with van der Waals surface area (Å²) in [5.74, 6) is 0. The molecule has 0 saturated heterocycles. The Hall–Kier alpha value is -0.890.